The summed E-state index contributed by atoms with van der Waals surface area (Å²) in [4.78, 5) is 0. The van der Waals surface area contributed by atoms with E-state index in [1.54, 1.807) is 0 Å². The van der Waals surface area contributed by atoms with E-state index in [-0.39, 0.29) is 16.8 Å². The van der Waals surface area contributed by atoms with Gasteiger partial charge in [-0.2, -0.15) is 0 Å². The third-order valence-electron chi connectivity index (χ3n) is 0. The second-order valence-corrected chi connectivity index (χ2v) is 0. The Morgan fingerprint density at radius 1 is 0.300 bits per heavy atom. The van der Waals surface area contributed by atoms with E-state index in [4.69, 9.17) is 0 Å². The van der Waals surface area contributed by atoms with Crippen molar-refractivity contribution in [2.45, 2.75) is 55.4 Å². The summed E-state index contributed by atoms with van der Waals surface area (Å²) < 4.78 is 0. The van der Waals surface area contributed by atoms with Crippen LogP contribution in [0.15, 0.2) is 0 Å². The van der Waals surface area contributed by atoms with Crippen LogP contribution in [0, 0.1) is 0 Å². The van der Waals surface area contributed by atoms with Gasteiger partial charge in [-0.3, -0.25) is 0 Å². The van der Waals surface area contributed by atoms with Gasteiger partial charge in [0.25, 0.3) is 0 Å². The zero-order valence-electron chi connectivity index (χ0n) is 9.15. The minimum absolute atomic E-state index is 0. The first-order valence-corrected chi connectivity index (χ1v) is 4.00. The molecule has 0 aliphatic carbocycles. The summed E-state index contributed by atoms with van der Waals surface area (Å²) in [6, 6.07) is 0. The normalized spacial score (nSPS) is 2.40. The SMILES string of the molecule is CC.CC.CC.CC.[B].[B]. The predicted molar refractivity (Wildman–Crippen MR) is 56.9 cm³/mol. The molecule has 0 saturated carbocycles. The van der Waals surface area contributed by atoms with E-state index < -0.39 is 0 Å². The van der Waals surface area contributed by atoms with E-state index in [1.807, 2.05) is 55.4 Å². The molecule has 0 heterocycles. The van der Waals surface area contributed by atoms with Gasteiger partial charge in [0, 0.05) is 16.8 Å². The van der Waals surface area contributed by atoms with Crippen LogP contribution in [0.5, 0.6) is 0 Å². The molecular weight excluding hydrogens is 118 g/mol. The standard InChI is InChI=1S/4C2H6.2B/c4*1-2;;/h4*1-2H3;;. The highest BCUT2D eigenvalue weighted by atomic mass is 13.0. The lowest BCUT2D eigenvalue weighted by Gasteiger charge is -1.07. The summed E-state index contributed by atoms with van der Waals surface area (Å²) >= 11 is 0. The fourth-order valence-electron chi connectivity index (χ4n) is 0. The third kappa shape index (κ3) is 24500. The van der Waals surface area contributed by atoms with E-state index in [0.29, 0.717) is 0 Å². The lowest BCUT2D eigenvalue weighted by molar-refractivity contribution is 1.50. The average molecular weight is 142 g/mol. The molecule has 0 unspecified atom stereocenters. The first-order chi connectivity index (χ1) is 4.00. The van der Waals surface area contributed by atoms with Gasteiger partial charge in [0.1, 0.15) is 0 Å². The molecule has 0 N–H and O–H groups in total. The van der Waals surface area contributed by atoms with Gasteiger partial charge < -0.3 is 0 Å². The first kappa shape index (κ1) is 49.5. The Balaban J connectivity index is -0.00000000500. The van der Waals surface area contributed by atoms with Crippen LogP contribution in [0.2, 0.25) is 0 Å². The topological polar surface area (TPSA) is 0 Å². The Labute approximate surface area is 73.0 Å². The van der Waals surface area contributed by atoms with Crippen molar-refractivity contribution in [3.8, 4) is 0 Å². The lowest BCUT2D eigenvalue weighted by atomic mass is 10.8. The second-order valence-electron chi connectivity index (χ2n) is 0. The molecule has 0 aromatic rings. The van der Waals surface area contributed by atoms with Crippen molar-refractivity contribution in [1.29, 1.82) is 0 Å². The molecule has 2 heteroatoms. The van der Waals surface area contributed by atoms with Gasteiger partial charge >= 0.3 is 0 Å². The summed E-state index contributed by atoms with van der Waals surface area (Å²) in [5.74, 6) is 0. The number of hydrogen-bond acceptors (Lipinski definition) is 0. The zero-order valence-corrected chi connectivity index (χ0v) is 9.15. The van der Waals surface area contributed by atoms with Crippen LogP contribution in [0.1, 0.15) is 55.4 Å². The molecule has 0 aromatic heterocycles. The van der Waals surface area contributed by atoms with Crippen molar-refractivity contribution < 1.29 is 0 Å². The van der Waals surface area contributed by atoms with Crippen molar-refractivity contribution in [2.75, 3.05) is 0 Å². The van der Waals surface area contributed by atoms with E-state index in [9.17, 15) is 0 Å². The van der Waals surface area contributed by atoms with Crippen LogP contribution in [0.4, 0.5) is 0 Å². The van der Waals surface area contributed by atoms with E-state index in [0.717, 1.165) is 0 Å². The summed E-state index contributed by atoms with van der Waals surface area (Å²) in [6.45, 7) is 16.0. The molecule has 0 rings (SSSR count). The highest BCUT2D eigenvalue weighted by Gasteiger charge is 0.938. The molecule has 0 spiro atoms. The Bertz CT molecular complexity index is 7.22. The van der Waals surface area contributed by atoms with Gasteiger partial charge in [0.2, 0.25) is 0 Å². The molecule has 10 heavy (non-hydrogen) atoms. The van der Waals surface area contributed by atoms with Crippen molar-refractivity contribution in [3.05, 3.63) is 0 Å². The second kappa shape index (κ2) is 35800. The minimum Gasteiger partial charge on any atom is -0.0683 e. The quantitative estimate of drug-likeness (QED) is 0.455. The molecule has 0 bridgehead atoms. The fraction of sp³-hybridized carbons (Fsp3) is 1.00. The molecule has 0 atom stereocenters. The maximum atomic E-state index is 2.00. The lowest BCUT2D eigenvalue weighted by Crippen LogP contribution is -0.856. The van der Waals surface area contributed by atoms with Gasteiger partial charge in [0.15, 0.2) is 0 Å². The zero-order chi connectivity index (χ0) is 8.00. The molecule has 62 valence electrons. The number of hydrogen-bond donors (Lipinski definition) is 0. The Morgan fingerprint density at radius 3 is 0.300 bits per heavy atom. The van der Waals surface area contributed by atoms with Gasteiger partial charge in [-0.25, -0.2) is 0 Å². The van der Waals surface area contributed by atoms with Crippen molar-refractivity contribution in [3.63, 3.8) is 0 Å². The molecule has 0 saturated heterocycles. The fourth-order valence-corrected chi connectivity index (χ4v) is 0. The molecule has 0 aliphatic heterocycles. The minimum atomic E-state index is 0. The summed E-state index contributed by atoms with van der Waals surface area (Å²) in [6.07, 6.45) is 0. The smallest absolute Gasteiger partial charge is 0 e. The number of rotatable bonds is 0. The van der Waals surface area contributed by atoms with E-state index >= 15 is 0 Å². The van der Waals surface area contributed by atoms with E-state index in [2.05, 4.69) is 0 Å². The molecule has 0 amide bonds. The maximum Gasteiger partial charge on any atom is 0 e. The van der Waals surface area contributed by atoms with Crippen LogP contribution >= 0.6 is 0 Å². The average Bonchev–Trinajstić information content (AvgIpc) is 2.03. The molecular formula is C8H24B2. The summed E-state index contributed by atoms with van der Waals surface area (Å²) in [5.41, 5.74) is 0. The van der Waals surface area contributed by atoms with Crippen molar-refractivity contribution in [2.24, 2.45) is 0 Å². The van der Waals surface area contributed by atoms with Crippen LogP contribution in [-0.2, 0) is 0 Å². The van der Waals surface area contributed by atoms with Gasteiger partial charge in [-0.1, -0.05) is 55.4 Å². The van der Waals surface area contributed by atoms with Gasteiger partial charge in [-0.05, 0) is 0 Å². The predicted octanol–water partition coefficient (Wildman–Crippen LogP) is 3.34. The summed E-state index contributed by atoms with van der Waals surface area (Å²) in [7, 11) is 0. The van der Waals surface area contributed by atoms with Crippen molar-refractivity contribution >= 4 is 16.8 Å². The molecule has 0 aromatic carbocycles. The first-order valence-electron chi connectivity index (χ1n) is 4.00. The highest BCUT2D eigenvalue weighted by molar-refractivity contribution is 5.76. The van der Waals surface area contributed by atoms with Crippen LogP contribution in [0.25, 0.3) is 0 Å². The van der Waals surface area contributed by atoms with Gasteiger partial charge in [-0.15, -0.1) is 0 Å². The highest BCUT2D eigenvalue weighted by Crippen LogP contribution is 1.15. The van der Waals surface area contributed by atoms with Crippen LogP contribution in [-0.4, -0.2) is 16.8 Å². The Hall–Kier alpha value is 0.130. The monoisotopic (exact) mass is 142 g/mol. The van der Waals surface area contributed by atoms with Crippen molar-refractivity contribution in [1.82, 2.24) is 0 Å². The summed E-state index contributed by atoms with van der Waals surface area (Å²) in [5, 5.41) is 0. The molecule has 0 nitrogen and oxygen atoms in total. The largest absolute Gasteiger partial charge is 0.0683 e. The maximum absolute atomic E-state index is 2.00. The molecule has 6 radical (unpaired) electrons. The van der Waals surface area contributed by atoms with E-state index in [1.165, 1.54) is 0 Å². The Morgan fingerprint density at radius 2 is 0.300 bits per heavy atom. The third-order valence-corrected chi connectivity index (χ3v) is 0. The van der Waals surface area contributed by atoms with Crippen LogP contribution in [0.3, 0.4) is 0 Å². The molecule has 0 fully saturated rings. The molecule has 0 aliphatic rings. The Kier molecular flexibility index (Phi) is 177000. The van der Waals surface area contributed by atoms with Crippen LogP contribution < -0.4 is 0 Å². The van der Waals surface area contributed by atoms with Gasteiger partial charge in [0.05, 0.1) is 0 Å².